The van der Waals surface area contributed by atoms with Crippen LogP contribution in [0.3, 0.4) is 0 Å². The average molecular weight is 327 g/mol. The summed E-state index contributed by atoms with van der Waals surface area (Å²) in [5.41, 5.74) is 1.36. The lowest BCUT2D eigenvalue weighted by Crippen LogP contribution is -2.25. The molecule has 108 valence electrons. The second kappa shape index (κ2) is 5.07. The summed E-state index contributed by atoms with van der Waals surface area (Å²) in [5, 5.41) is 1.69. The zero-order valence-electron chi connectivity index (χ0n) is 12.1. The zero-order valence-corrected chi connectivity index (χ0v) is 14.6. The van der Waals surface area contributed by atoms with Gasteiger partial charge in [0.05, 0.1) is 5.39 Å². The van der Waals surface area contributed by atoms with Gasteiger partial charge < -0.3 is 0 Å². The van der Waals surface area contributed by atoms with Gasteiger partial charge in [0.1, 0.15) is 4.83 Å². The Hall–Kier alpha value is -0.460. The lowest BCUT2D eigenvalue weighted by atomic mass is 10.00. The summed E-state index contributed by atoms with van der Waals surface area (Å²) in [4.78, 5) is 19.7. The molecule has 0 spiro atoms. The maximum absolute atomic E-state index is 12.7. The Morgan fingerprint density at radius 1 is 1.45 bits per heavy atom. The monoisotopic (exact) mass is 326 g/mol. The molecule has 0 saturated heterocycles. The van der Waals surface area contributed by atoms with Crippen molar-refractivity contribution in [1.29, 1.82) is 0 Å². The predicted molar refractivity (Wildman–Crippen MR) is 90.3 cm³/mol. The molecule has 0 aliphatic carbocycles. The third-order valence-corrected chi connectivity index (χ3v) is 7.12. The minimum atomic E-state index is 0.117. The summed E-state index contributed by atoms with van der Waals surface area (Å²) in [6.07, 6.45) is 0.962. The lowest BCUT2D eigenvalue weighted by molar-refractivity contribution is 0.694. The standard InChI is InChI=1S/C14H18N2OS3/c1-5-18-13-15-11-10(12(17)16(13)4)8-6-14(2,3)19-7-9(8)20-11/h5-7H2,1-4H3. The number of thioether (sulfide) groups is 2. The molecule has 0 saturated carbocycles. The Bertz CT molecular complexity index is 730. The number of hydrogen-bond acceptors (Lipinski definition) is 5. The first-order valence-corrected chi connectivity index (χ1v) is 9.50. The Balaban J connectivity index is 2.26. The SMILES string of the molecule is CCSc1nc2sc3c(c2c(=O)n1C)CC(C)(C)SC3. The van der Waals surface area contributed by atoms with E-state index in [9.17, 15) is 4.79 Å². The van der Waals surface area contributed by atoms with Gasteiger partial charge in [0.15, 0.2) is 5.16 Å². The van der Waals surface area contributed by atoms with Gasteiger partial charge in [0, 0.05) is 22.4 Å². The van der Waals surface area contributed by atoms with Crippen molar-refractivity contribution in [2.75, 3.05) is 5.75 Å². The van der Waals surface area contributed by atoms with Crippen molar-refractivity contribution >= 4 is 45.1 Å². The topological polar surface area (TPSA) is 34.9 Å². The van der Waals surface area contributed by atoms with E-state index in [4.69, 9.17) is 4.98 Å². The summed E-state index contributed by atoms with van der Waals surface area (Å²) in [6, 6.07) is 0. The van der Waals surface area contributed by atoms with Crippen molar-refractivity contribution < 1.29 is 0 Å². The summed E-state index contributed by atoms with van der Waals surface area (Å²) >= 11 is 5.31. The van der Waals surface area contributed by atoms with Crippen molar-refractivity contribution in [3.05, 3.63) is 20.8 Å². The fourth-order valence-corrected chi connectivity index (χ4v) is 5.59. The summed E-state index contributed by atoms with van der Waals surface area (Å²) in [7, 11) is 1.83. The first kappa shape index (κ1) is 14.5. The second-order valence-corrected chi connectivity index (χ2v) is 9.60. The van der Waals surface area contributed by atoms with Crippen molar-refractivity contribution in [2.45, 2.75) is 42.8 Å². The number of thiophene rings is 1. The molecule has 0 N–H and O–H groups in total. The number of rotatable bonds is 2. The maximum Gasteiger partial charge on any atom is 0.262 e. The van der Waals surface area contributed by atoms with Crippen LogP contribution < -0.4 is 5.56 Å². The first-order valence-electron chi connectivity index (χ1n) is 6.71. The highest BCUT2D eigenvalue weighted by Crippen LogP contribution is 2.43. The molecule has 0 aromatic carbocycles. The smallest absolute Gasteiger partial charge is 0.262 e. The molecule has 0 atom stereocenters. The van der Waals surface area contributed by atoms with Gasteiger partial charge in [-0.2, -0.15) is 0 Å². The van der Waals surface area contributed by atoms with Crippen LogP contribution in [0.4, 0.5) is 0 Å². The van der Waals surface area contributed by atoms with Crippen LogP contribution in [-0.2, 0) is 19.2 Å². The van der Waals surface area contributed by atoms with Crippen LogP contribution >= 0.6 is 34.9 Å². The van der Waals surface area contributed by atoms with E-state index < -0.39 is 0 Å². The molecule has 3 rings (SSSR count). The third-order valence-electron chi connectivity index (χ3n) is 3.54. The molecule has 3 heterocycles. The number of fused-ring (bicyclic) bond motifs is 3. The van der Waals surface area contributed by atoms with Gasteiger partial charge in [-0.1, -0.05) is 32.5 Å². The van der Waals surface area contributed by atoms with E-state index in [0.717, 1.165) is 33.3 Å². The Labute approximate surface area is 131 Å². The van der Waals surface area contributed by atoms with Crippen LogP contribution in [0, 0.1) is 0 Å². The number of aromatic nitrogens is 2. The first-order chi connectivity index (χ1) is 9.43. The molecule has 0 radical (unpaired) electrons. The van der Waals surface area contributed by atoms with Gasteiger partial charge in [0.2, 0.25) is 0 Å². The third kappa shape index (κ3) is 2.31. The predicted octanol–water partition coefficient (Wildman–Crippen LogP) is 3.67. The maximum atomic E-state index is 12.7. The van der Waals surface area contributed by atoms with E-state index in [-0.39, 0.29) is 10.3 Å². The van der Waals surface area contributed by atoms with Crippen LogP contribution in [0.2, 0.25) is 0 Å². The van der Waals surface area contributed by atoms with Gasteiger partial charge in [-0.25, -0.2) is 4.98 Å². The van der Waals surface area contributed by atoms with Gasteiger partial charge >= 0.3 is 0 Å². The Kier molecular flexibility index (Phi) is 3.67. The molecule has 0 amide bonds. The van der Waals surface area contributed by atoms with E-state index in [1.807, 2.05) is 18.8 Å². The zero-order chi connectivity index (χ0) is 14.5. The normalized spacial score (nSPS) is 17.4. The van der Waals surface area contributed by atoms with Crippen molar-refractivity contribution in [3.63, 3.8) is 0 Å². The molecule has 0 unspecified atom stereocenters. The van der Waals surface area contributed by atoms with Crippen LogP contribution in [0.1, 0.15) is 31.2 Å². The molecule has 2 aromatic heterocycles. The summed E-state index contributed by atoms with van der Waals surface area (Å²) in [5.74, 6) is 1.93. The molecule has 1 aliphatic rings. The van der Waals surface area contributed by atoms with Crippen molar-refractivity contribution in [3.8, 4) is 0 Å². The molecule has 1 aliphatic heterocycles. The Morgan fingerprint density at radius 2 is 2.20 bits per heavy atom. The van der Waals surface area contributed by atoms with E-state index in [2.05, 4.69) is 20.8 Å². The number of hydrogen-bond donors (Lipinski definition) is 0. The molecule has 3 nitrogen and oxygen atoms in total. The highest BCUT2D eigenvalue weighted by molar-refractivity contribution is 8.00. The van der Waals surface area contributed by atoms with E-state index in [1.165, 1.54) is 10.4 Å². The molecule has 0 fully saturated rings. The number of nitrogens with zero attached hydrogens (tertiary/aromatic N) is 2. The highest BCUT2D eigenvalue weighted by atomic mass is 32.2. The van der Waals surface area contributed by atoms with Gasteiger partial charge in [0.25, 0.3) is 5.56 Å². The molecule has 20 heavy (non-hydrogen) atoms. The minimum absolute atomic E-state index is 0.117. The van der Waals surface area contributed by atoms with E-state index >= 15 is 0 Å². The van der Waals surface area contributed by atoms with Crippen LogP contribution in [0.5, 0.6) is 0 Å². The van der Waals surface area contributed by atoms with Gasteiger partial charge in [-0.05, 0) is 17.7 Å². The van der Waals surface area contributed by atoms with Crippen LogP contribution in [-0.4, -0.2) is 20.1 Å². The van der Waals surface area contributed by atoms with E-state index in [0.29, 0.717) is 0 Å². The summed E-state index contributed by atoms with van der Waals surface area (Å²) in [6.45, 7) is 6.59. The Morgan fingerprint density at radius 3 is 2.90 bits per heavy atom. The quantitative estimate of drug-likeness (QED) is 0.623. The van der Waals surface area contributed by atoms with Crippen molar-refractivity contribution in [2.24, 2.45) is 7.05 Å². The minimum Gasteiger partial charge on any atom is -0.290 e. The fourth-order valence-electron chi connectivity index (χ4n) is 2.51. The van der Waals surface area contributed by atoms with Gasteiger partial charge in [-0.15, -0.1) is 23.1 Å². The van der Waals surface area contributed by atoms with Gasteiger partial charge in [-0.3, -0.25) is 9.36 Å². The molecular formula is C14H18N2OS3. The molecule has 0 bridgehead atoms. The summed E-state index contributed by atoms with van der Waals surface area (Å²) < 4.78 is 1.92. The largest absolute Gasteiger partial charge is 0.290 e. The molecule has 2 aromatic rings. The lowest BCUT2D eigenvalue weighted by Gasteiger charge is -2.28. The van der Waals surface area contributed by atoms with Crippen molar-refractivity contribution in [1.82, 2.24) is 9.55 Å². The highest BCUT2D eigenvalue weighted by Gasteiger charge is 2.30. The molecular weight excluding hydrogens is 308 g/mol. The average Bonchev–Trinajstić information content (AvgIpc) is 2.72. The van der Waals surface area contributed by atoms with E-state index in [1.54, 1.807) is 27.7 Å². The van der Waals surface area contributed by atoms with Crippen LogP contribution in [0.15, 0.2) is 9.95 Å². The fraction of sp³-hybridized carbons (Fsp3) is 0.571. The molecule has 6 heteroatoms. The second-order valence-electron chi connectivity index (χ2n) is 5.60. The van der Waals surface area contributed by atoms with Crippen LogP contribution in [0.25, 0.3) is 10.2 Å².